The first kappa shape index (κ1) is 14.4. The molecule has 0 saturated heterocycles. The summed E-state index contributed by atoms with van der Waals surface area (Å²) in [5, 5.41) is 0. The lowest BCUT2D eigenvalue weighted by Gasteiger charge is -1.91. The summed E-state index contributed by atoms with van der Waals surface area (Å²) in [5.41, 5.74) is 7.70. The van der Waals surface area contributed by atoms with Crippen molar-refractivity contribution in [3.8, 4) is 0 Å². The molecule has 0 radical (unpaired) electrons. The highest BCUT2D eigenvalue weighted by Gasteiger charge is 2.06. The van der Waals surface area contributed by atoms with Crippen LogP contribution in [0.2, 0.25) is 0 Å². The third kappa shape index (κ3) is 2.72. The molecule has 3 aromatic rings. The first-order valence-electron chi connectivity index (χ1n) is 7.96. The fourth-order valence-electron chi connectivity index (χ4n) is 2.97. The van der Waals surface area contributed by atoms with Gasteiger partial charge in [0.15, 0.2) is 0 Å². The molecular weight excluding hydrogens is 376 g/mol. The minimum atomic E-state index is 0.893. The summed E-state index contributed by atoms with van der Waals surface area (Å²) in [7, 11) is 0. The molecule has 0 aromatic carbocycles. The number of hydrogen-bond acceptors (Lipinski definition) is 2. The fourth-order valence-corrected chi connectivity index (χ4v) is 3.43. The predicted molar refractivity (Wildman–Crippen MR) is 107 cm³/mol. The minimum Gasteiger partial charge on any atom is -0.355 e. The van der Waals surface area contributed by atoms with E-state index >= 15 is 0 Å². The Morgan fingerprint density at radius 1 is 0.640 bits per heavy atom. The Balaban J connectivity index is 1.88. The minimum absolute atomic E-state index is 0.893. The molecule has 2 aliphatic rings. The lowest BCUT2D eigenvalue weighted by Crippen LogP contribution is -1.79. The van der Waals surface area contributed by atoms with Crippen LogP contribution in [0.1, 0.15) is 22.8 Å². The molecule has 0 saturated carbocycles. The molecule has 0 unspecified atom stereocenters. The molecule has 0 atom stereocenters. The molecular formula is C20H13BrN4. The summed E-state index contributed by atoms with van der Waals surface area (Å²) in [5.74, 6) is 0. The largest absolute Gasteiger partial charge is 0.355 e. The number of aromatic amines is 2. The maximum absolute atomic E-state index is 4.67. The Hall–Kier alpha value is -2.92. The number of halogens is 1. The van der Waals surface area contributed by atoms with Gasteiger partial charge in [0, 0.05) is 16.6 Å². The average molecular weight is 389 g/mol. The summed E-state index contributed by atoms with van der Waals surface area (Å²) in [6.07, 6.45) is 8.02. The number of nitrogens with zero attached hydrogens (tertiary/aromatic N) is 2. The van der Waals surface area contributed by atoms with E-state index in [2.05, 4.69) is 60.1 Å². The van der Waals surface area contributed by atoms with Gasteiger partial charge in [0.1, 0.15) is 0 Å². The first-order valence-corrected chi connectivity index (χ1v) is 8.75. The molecule has 5 heteroatoms. The number of fused-ring (bicyclic) bond motifs is 8. The van der Waals surface area contributed by atoms with Crippen LogP contribution in [0.15, 0.2) is 46.9 Å². The standard InChI is InChI=1S/C20H13BrN4/c21-20-18-7-5-16(24-18)10-14-3-1-12(22-14)9-13-2-4-15(23-13)11-17-6-8-19(20)25-17/h1-11,22,24H. The van der Waals surface area contributed by atoms with Crippen molar-refractivity contribution in [2.24, 2.45) is 0 Å². The number of rotatable bonds is 0. The second-order valence-corrected chi connectivity index (χ2v) is 6.79. The molecule has 120 valence electrons. The zero-order chi connectivity index (χ0) is 16.8. The highest BCUT2D eigenvalue weighted by molar-refractivity contribution is 9.10. The van der Waals surface area contributed by atoms with E-state index in [1.807, 2.05) is 42.5 Å². The van der Waals surface area contributed by atoms with E-state index in [1.54, 1.807) is 0 Å². The summed E-state index contributed by atoms with van der Waals surface area (Å²) < 4.78 is 0.940. The van der Waals surface area contributed by atoms with Gasteiger partial charge in [-0.1, -0.05) is 0 Å². The van der Waals surface area contributed by atoms with Gasteiger partial charge in [-0.25, -0.2) is 9.97 Å². The number of H-pyrrole nitrogens is 2. The predicted octanol–water partition coefficient (Wildman–Crippen LogP) is 5.42. The van der Waals surface area contributed by atoms with Crippen LogP contribution in [0.4, 0.5) is 0 Å². The molecule has 5 heterocycles. The average Bonchev–Trinajstić information content (AvgIpc) is 3.36. The van der Waals surface area contributed by atoms with Crippen molar-refractivity contribution in [3.05, 3.63) is 69.7 Å². The topological polar surface area (TPSA) is 57.4 Å². The normalized spacial score (nSPS) is 12.7. The lowest BCUT2D eigenvalue weighted by atomic mass is 10.3. The number of hydrogen-bond donors (Lipinski definition) is 2. The fraction of sp³-hybridized carbons (Fsp3) is 0. The van der Waals surface area contributed by atoms with E-state index in [9.17, 15) is 0 Å². The van der Waals surface area contributed by atoms with E-state index in [0.29, 0.717) is 0 Å². The number of aromatic nitrogens is 4. The third-order valence-electron chi connectivity index (χ3n) is 4.16. The van der Waals surface area contributed by atoms with Gasteiger partial charge in [0.05, 0.1) is 32.8 Å². The highest BCUT2D eigenvalue weighted by atomic mass is 79.9. The van der Waals surface area contributed by atoms with Crippen molar-refractivity contribution in [2.75, 3.05) is 0 Å². The summed E-state index contributed by atoms with van der Waals surface area (Å²) in [6, 6.07) is 14.3. The van der Waals surface area contributed by atoms with Crippen molar-refractivity contribution in [1.82, 2.24) is 19.9 Å². The van der Waals surface area contributed by atoms with Crippen molar-refractivity contribution < 1.29 is 0 Å². The monoisotopic (exact) mass is 388 g/mol. The second-order valence-electron chi connectivity index (χ2n) is 5.99. The van der Waals surface area contributed by atoms with E-state index in [-0.39, 0.29) is 0 Å². The van der Waals surface area contributed by atoms with Crippen LogP contribution in [0, 0.1) is 0 Å². The van der Waals surface area contributed by atoms with Crippen LogP contribution >= 0.6 is 15.9 Å². The quantitative estimate of drug-likeness (QED) is 0.372. The van der Waals surface area contributed by atoms with Gasteiger partial charge in [-0.05, 0) is 82.7 Å². The van der Waals surface area contributed by atoms with Gasteiger partial charge < -0.3 is 9.97 Å². The Morgan fingerprint density at radius 3 is 2.16 bits per heavy atom. The maximum atomic E-state index is 4.67. The summed E-state index contributed by atoms with van der Waals surface area (Å²) >= 11 is 3.66. The molecule has 25 heavy (non-hydrogen) atoms. The van der Waals surface area contributed by atoms with Crippen LogP contribution in [0.5, 0.6) is 0 Å². The van der Waals surface area contributed by atoms with E-state index in [4.69, 9.17) is 0 Å². The van der Waals surface area contributed by atoms with Crippen LogP contribution in [0.3, 0.4) is 0 Å². The van der Waals surface area contributed by atoms with E-state index in [1.165, 1.54) is 0 Å². The molecule has 4 nitrogen and oxygen atoms in total. The zero-order valence-corrected chi connectivity index (χ0v) is 14.7. The van der Waals surface area contributed by atoms with Crippen molar-refractivity contribution in [1.29, 1.82) is 0 Å². The van der Waals surface area contributed by atoms with Crippen LogP contribution < -0.4 is 0 Å². The van der Waals surface area contributed by atoms with Crippen LogP contribution in [-0.4, -0.2) is 19.9 Å². The van der Waals surface area contributed by atoms with Crippen LogP contribution in [0.25, 0.3) is 46.4 Å². The maximum Gasteiger partial charge on any atom is 0.0800 e. The van der Waals surface area contributed by atoms with Crippen LogP contribution in [-0.2, 0) is 0 Å². The summed E-state index contributed by atoms with van der Waals surface area (Å²) in [4.78, 5) is 16.1. The highest BCUT2D eigenvalue weighted by Crippen LogP contribution is 2.25. The SMILES string of the molecule is Brc1c2nc(cc3nc(cc4ccc(cc5ccc1[nH]5)[nH]4)C=C3)C=C2. The third-order valence-corrected chi connectivity index (χ3v) is 4.99. The Kier molecular flexibility index (Phi) is 3.21. The molecule has 2 N–H and O–H groups in total. The van der Waals surface area contributed by atoms with E-state index in [0.717, 1.165) is 49.3 Å². The molecule has 0 amide bonds. The molecule has 0 fully saturated rings. The molecule has 2 aliphatic heterocycles. The van der Waals surface area contributed by atoms with Gasteiger partial charge in [0.2, 0.25) is 0 Å². The lowest BCUT2D eigenvalue weighted by molar-refractivity contribution is 1.27. The van der Waals surface area contributed by atoms with Gasteiger partial charge in [-0.3, -0.25) is 0 Å². The zero-order valence-electron chi connectivity index (χ0n) is 13.1. The molecule has 5 rings (SSSR count). The van der Waals surface area contributed by atoms with E-state index < -0.39 is 0 Å². The molecule has 0 aliphatic carbocycles. The van der Waals surface area contributed by atoms with Crippen molar-refractivity contribution in [3.63, 3.8) is 0 Å². The van der Waals surface area contributed by atoms with Crippen molar-refractivity contribution in [2.45, 2.75) is 0 Å². The molecule has 3 aromatic heterocycles. The van der Waals surface area contributed by atoms with Gasteiger partial charge in [0.25, 0.3) is 0 Å². The molecule has 8 bridgehead atoms. The first-order chi connectivity index (χ1) is 12.2. The Morgan fingerprint density at radius 2 is 1.28 bits per heavy atom. The molecule has 0 spiro atoms. The van der Waals surface area contributed by atoms with Crippen molar-refractivity contribution >= 4 is 62.3 Å². The number of nitrogens with one attached hydrogen (secondary N) is 2. The van der Waals surface area contributed by atoms with Gasteiger partial charge in [-0.15, -0.1) is 0 Å². The van der Waals surface area contributed by atoms with Gasteiger partial charge >= 0.3 is 0 Å². The Labute approximate surface area is 152 Å². The van der Waals surface area contributed by atoms with Gasteiger partial charge in [-0.2, -0.15) is 0 Å². The summed E-state index contributed by atoms with van der Waals surface area (Å²) in [6.45, 7) is 0. The Bertz CT molecular complexity index is 1210. The smallest absolute Gasteiger partial charge is 0.0800 e. The second kappa shape index (κ2) is 5.57.